The molecule has 4 heteroatoms. The van der Waals surface area contributed by atoms with Crippen molar-refractivity contribution in [3.63, 3.8) is 0 Å². The quantitative estimate of drug-likeness (QED) is 0.588. The molecule has 0 saturated carbocycles. The van der Waals surface area contributed by atoms with Gasteiger partial charge in [0.2, 0.25) is 0 Å². The molecule has 0 fully saturated rings. The van der Waals surface area contributed by atoms with Crippen LogP contribution in [0.1, 0.15) is 45.1 Å². The van der Waals surface area contributed by atoms with E-state index in [0.717, 1.165) is 19.3 Å². The molecule has 0 radical (unpaired) electrons. The Morgan fingerprint density at radius 1 is 1.22 bits per heavy atom. The molecule has 2 rings (SSSR count). The highest BCUT2D eigenvalue weighted by Crippen LogP contribution is 2.31. The van der Waals surface area contributed by atoms with Crippen LogP contribution in [0, 0.1) is 11.8 Å². The minimum atomic E-state index is -0.889. The summed E-state index contributed by atoms with van der Waals surface area (Å²) in [6.45, 7) is 4.11. The average Bonchev–Trinajstić information content (AvgIpc) is 2.54. The third-order valence-electron chi connectivity index (χ3n) is 3.85. The first-order valence-electron chi connectivity index (χ1n) is 8.16. The molecule has 0 heterocycles. The van der Waals surface area contributed by atoms with E-state index in [1.54, 1.807) is 0 Å². The van der Waals surface area contributed by atoms with Crippen LogP contribution in [0.4, 0.5) is 4.79 Å². The average molecular weight is 316 g/mol. The maximum atomic E-state index is 11.8. The highest BCUT2D eigenvalue weighted by molar-refractivity contribution is 5.82. The van der Waals surface area contributed by atoms with Gasteiger partial charge in [0.25, 0.3) is 0 Å². The Kier molecular flexibility index (Phi) is 6.39. The fraction of sp³-hybridized carbons (Fsp3) is 0.474. The van der Waals surface area contributed by atoms with E-state index in [9.17, 15) is 9.59 Å². The summed E-state index contributed by atoms with van der Waals surface area (Å²) in [7, 11) is 0. The number of allylic oxidation sites excluding steroid dienone is 2. The van der Waals surface area contributed by atoms with Gasteiger partial charge >= 0.3 is 12.1 Å². The van der Waals surface area contributed by atoms with Crippen LogP contribution in [-0.4, -0.2) is 18.7 Å². The maximum Gasteiger partial charge on any atom is 0.516 e. The van der Waals surface area contributed by atoms with Gasteiger partial charge in [0.05, 0.1) is 6.61 Å². The summed E-state index contributed by atoms with van der Waals surface area (Å²) in [6.07, 6.45) is 4.26. The molecular formula is C19H24O4. The lowest BCUT2D eigenvalue weighted by atomic mass is 9.85. The molecule has 124 valence electrons. The summed E-state index contributed by atoms with van der Waals surface area (Å²) in [6, 6.07) is 10.3. The first-order chi connectivity index (χ1) is 11.0. The monoisotopic (exact) mass is 316 g/mol. The zero-order chi connectivity index (χ0) is 16.7. The molecule has 1 aromatic rings. The van der Waals surface area contributed by atoms with Gasteiger partial charge in [-0.2, -0.15) is 0 Å². The molecule has 1 aliphatic rings. The molecule has 0 spiro atoms. The van der Waals surface area contributed by atoms with Crippen LogP contribution in [0.15, 0.2) is 36.4 Å². The van der Waals surface area contributed by atoms with Gasteiger partial charge in [-0.05, 0) is 42.2 Å². The minimum Gasteiger partial charge on any atom is -0.434 e. The molecule has 1 aromatic carbocycles. The lowest BCUT2D eigenvalue weighted by Gasteiger charge is -2.21. The van der Waals surface area contributed by atoms with Crippen LogP contribution in [0.5, 0.6) is 0 Å². The van der Waals surface area contributed by atoms with E-state index in [1.807, 2.05) is 32.0 Å². The zero-order valence-corrected chi connectivity index (χ0v) is 13.8. The lowest BCUT2D eigenvalue weighted by molar-refractivity contribution is -0.141. The molecular weight excluding hydrogens is 292 g/mol. The second-order valence-corrected chi connectivity index (χ2v) is 6.37. The predicted molar refractivity (Wildman–Crippen MR) is 88.7 cm³/mol. The van der Waals surface area contributed by atoms with Gasteiger partial charge in [-0.1, -0.05) is 50.3 Å². The zero-order valence-electron chi connectivity index (χ0n) is 13.8. The number of carbonyl (C=O) groups excluding carboxylic acids is 2. The molecule has 4 nitrogen and oxygen atoms in total. The van der Waals surface area contributed by atoms with Crippen LogP contribution in [0.3, 0.4) is 0 Å². The standard InChI is InChI=1S/C19H24O4/c1-14(2)13-22-19(21)23-18(20)12-15-8-10-17(11-9-15)16-6-4-3-5-7-16/h3-7,10,14-15H,8-9,11-13H2,1-2H3/t15-/m1/s1. The minimum absolute atomic E-state index is 0.220. The molecule has 0 aromatic heterocycles. The number of rotatable bonds is 5. The Morgan fingerprint density at radius 3 is 2.57 bits per heavy atom. The molecule has 0 bridgehead atoms. The van der Waals surface area contributed by atoms with Gasteiger partial charge in [-0.25, -0.2) is 4.79 Å². The van der Waals surface area contributed by atoms with Crippen molar-refractivity contribution in [2.24, 2.45) is 11.8 Å². The van der Waals surface area contributed by atoms with Crippen LogP contribution in [0.2, 0.25) is 0 Å². The molecule has 1 aliphatic carbocycles. The van der Waals surface area contributed by atoms with E-state index in [-0.39, 0.29) is 24.9 Å². The second-order valence-electron chi connectivity index (χ2n) is 6.37. The molecule has 0 amide bonds. The number of hydrogen-bond donors (Lipinski definition) is 0. The summed E-state index contributed by atoms with van der Waals surface area (Å²) in [5.74, 6) is -0.0503. The smallest absolute Gasteiger partial charge is 0.434 e. The van der Waals surface area contributed by atoms with Crippen molar-refractivity contribution in [2.75, 3.05) is 6.61 Å². The Labute approximate surface area is 137 Å². The number of benzene rings is 1. The third-order valence-corrected chi connectivity index (χ3v) is 3.85. The van der Waals surface area contributed by atoms with Crippen LogP contribution in [0.25, 0.3) is 5.57 Å². The Balaban J connectivity index is 1.76. The lowest BCUT2D eigenvalue weighted by Crippen LogP contribution is -2.19. The van der Waals surface area contributed by atoms with Crippen LogP contribution in [-0.2, 0) is 14.3 Å². The van der Waals surface area contributed by atoms with Gasteiger partial charge in [0.1, 0.15) is 0 Å². The van der Waals surface area contributed by atoms with Crippen LogP contribution < -0.4 is 0 Å². The van der Waals surface area contributed by atoms with Gasteiger partial charge in [-0.15, -0.1) is 0 Å². The van der Waals surface area contributed by atoms with Crippen molar-refractivity contribution in [2.45, 2.75) is 39.5 Å². The van der Waals surface area contributed by atoms with Crippen molar-refractivity contribution in [3.8, 4) is 0 Å². The van der Waals surface area contributed by atoms with Gasteiger partial charge in [-0.3, -0.25) is 4.79 Å². The van der Waals surface area contributed by atoms with Crippen molar-refractivity contribution in [3.05, 3.63) is 42.0 Å². The summed E-state index contributed by atoms with van der Waals surface area (Å²) < 4.78 is 9.54. The van der Waals surface area contributed by atoms with Crippen molar-refractivity contribution in [1.82, 2.24) is 0 Å². The normalized spacial score (nSPS) is 17.5. The van der Waals surface area contributed by atoms with E-state index < -0.39 is 12.1 Å². The predicted octanol–water partition coefficient (Wildman–Crippen LogP) is 4.60. The third kappa shape index (κ3) is 5.89. The first kappa shape index (κ1) is 17.3. The van der Waals surface area contributed by atoms with Crippen molar-refractivity contribution in [1.29, 1.82) is 0 Å². The number of carbonyl (C=O) groups is 2. The van der Waals surface area contributed by atoms with Gasteiger partial charge in [0, 0.05) is 6.42 Å². The Bertz CT molecular complexity index is 560. The van der Waals surface area contributed by atoms with Gasteiger partial charge < -0.3 is 9.47 Å². The topological polar surface area (TPSA) is 52.6 Å². The van der Waals surface area contributed by atoms with E-state index in [2.05, 4.69) is 18.2 Å². The molecule has 0 aliphatic heterocycles. The van der Waals surface area contributed by atoms with E-state index >= 15 is 0 Å². The molecule has 23 heavy (non-hydrogen) atoms. The number of esters is 1. The Hall–Kier alpha value is -2.10. The summed E-state index contributed by atoms with van der Waals surface area (Å²) in [4.78, 5) is 23.1. The molecule has 0 unspecified atom stereocenters. The highest BCUT2D eigenvalue weighted by atomic mass is 16.7. The fourth-order valence-electron chi connectivity index (χ4n) is 2.62. The van der Waals surface area contributed by atoms with Gasteiger partial charge in [0.15, 0.2) is 0 Å². The number of ether oxygens (including phenoxy) is 2. The van der Waals surface area contributed by atoms with Crippen molar-refractivity contribution < 1.29 is 19.1 Å². The maximum absolute atomic E-state index is 11.8. The summed E-state index contributed by atoms with van der Waals surface area (Å²) in [5, 5.41) is 0. The fourth-order valence-corrected chi connectivity index (χ4v) is 2.62. The number of hydrogen-bond acceptors (Lipinski definition) is 4. The van der Waals surface area contributed by atoms with E-state index in [0.29, 0.717) is 0 Å². The summed E-state index contributed by atoms with van der Waals surface area (Å²) in [5.41, 5.74) is 2.57. The molecule has 1 atom stereocenters. The second kappa shape index (κ2) is 8.51. The highest BCUT2D eigenvalue weighted by Gasteiger charge is 2.21. The van der Waals surface area contributed by atoms with Crippen molar-refractivity contribution >= 4 is 17.7 Å². The molecule has 0 N–H and O–H groups in total. The SMILES string of the molecule is CC(C)COC(=O)OC(=O)C[C@@H]1CC=C(c2ccccc2)CC1. The van der Waals surface area contributed by atoms with E-state index in [1.165, 1.54) is 11.1 Å². The van der Waals surface area contributed by atoms with Crippen LogP contribution >= 0.6 is 0 Å². The van der Waals surface area contributed by atoms with E-state index in [4.69, 9.17) is 9.47 Å². The molecule has 0 saturated heterocycles. The first-order valence-corrected chi connectivity index (χ1v) is 8.16. The Morgan fingerprint density at radius 2 is 1.96 bits per heavy atom. The largest absolute Gasteiger partial charge is 0.516 e. The summed E-state index contributed by atoms with van der Waals surface area (Å²) >= 11 is 0.